The lowest BCUT2D eigenvalue weighted by molar-refractivity contribution is 0.0790. The van der Waals surface area contributed by atoms with Crippen LogP contribution in [0, 0.1) is 0 Å². The van der Waals surface area contributed by atoms with Gasteiger partial charge in [0.2, 0.25) is 0 Å². The Balaban J connectivity index is 1.83. The van der Waals surface area contributed by atoms with Gasteiger partial charge in [-0.25, -0.2) is 0 Å². The number of likely N-dealkylation sites (tertiary alicyclic amines) is 1. The van der Waals surface area contributed by atoms with Crippen molar-refractivity contribution < 1.29 is 9.53 Å². The van der Waals surface area contributed by atoms with E-state index in [2.05, 4.69) is 4.90 Å². The minimum absolute atomic E-state index is 0.0973. The molecule has 1 atom stereocenters. The molecule has 2 aliphatic heterocycles. The highest BCUT2D eigenvalue weighted by Gasteiger charge is 2.27. The van der Waals surface area contributed by atoms with Crippen LogP contribution >= 0.6 is 0 Å². The molecule has 1 amide bonds. The third-order valence-electron chi connectivity index (χ3n) is 4.00. The number of ether oxygens (including phenoxy) is 1. The number of para-hydroxylation sites is 1. The first-order chi connectivity index (χ1) is 9.75. The SMILES string of the molecule is N[C@@H]1CCN(C(=O)c2ccccc2N2CCOCC2)C1. The maximum absolute atomic E-state index is 12.7. The van der Waals surface area contributed by atoms with Crippen LogP contribution in [0.15, 0.2) is 24.3 Å². The van der Waals surface area contributed by atoms with Crippen molar-refractivity contribution in [1.82, 2.24) is 4.90 Å². The van der Waals surface area contributed by atoms with Crippen LogP contribution in [0.25, 0.3) is 0 Å². The predicted molar refractivity (Wildman–Crippen MR) is 78.0 cm³/mol. The minimum Gasteiger partial charge on any atom is -0.378 e. The van der Waals surface area contributed by atoms with E-state index in [-0.39, 0.29) is 11.9 Å². The average molecular weight is 275 g/mol. The summed E-state index contributed by atoms with van der Waals surface area (Å²) in [7, 11) is 0. The zero-order chi connectivity index (χ0) is 13.9. The first-order valence-corrected chi connectivity index (χ1v) is 7.22. The smallest absolute Gasteiger partial charge is 0.256 e. The van der Waals surface area contributed by atoms with Crippen LogP contribution in [0.1, 0.15) is 16.8 Å². The molecule has 0 unspecified atom stereocenters. The molecule has 20 heavy (non-hydrogen) atoms. The second-order valence-electron chi connectivity index (χ2n) is 5.42. The molecule has 2 N–H and O–H groups in total. The van der Waals surface area contributed by atoms with Crippen molar-refractivity contribution in [3.8, 4) is 0 Å². The van der Waals surface area contributed by atoms with Crippen molar-refractivity contribution in [3.63, 3.8) is 0 Å². The normalized spacial score (nSPS) is 23.1. The Morgan fingerprint density at radius 2 is 1.95 bits per heavy atom. The molecule has 2 aliphatic rings. The Bertz CT molecular complexity index is 486. The molecule has 0 bridgehead atoms. The van der Waals surface area contributed by atoms with Crippen LogP contribution in [0.4, 0.5) is 5.69 Å². The summed E-state index contributed by atoms with van der Waals surface area (Å²) >= 11 is 0. The lowest BCUT2D eigenvalue weighted by Crippen LogP contribution is -2.38. The predicted octanol–water partition coefficient (Wildman–Crippen LogP) is 0.696. The topological polar surface area (TPSA) is 58.8 Å². The second kappa shape index (κ2) is 5.81. The molecule has 2 heterocycles. The van der Waals surface area contributed by atoms with Gasteiger partial charge in [-0.2, -0.15) is 0 Å². The van der Waals surface area contributed by atoms with Gasteiger partial charge in [0.1, 0.15) is 0 Å². The second-order valence-corrected chi connectivity index (χ2v) is 5.42. The molecule has 5 heteroatoms. The number of rotatable bonds is 2. The summed E-state index contributed by atoms with van der Waals surface area (Å²) in [4.78, 5) is 16.8. The fourth-order valence-corrected chi connectivity index (χ4v) is 2.88. The van der Waals surface area contributed by atoms with E-state index in [1.807, 2.05) is 29.2 Å². The van der Waals surface area contributed by atoms with Crippen LogP contribution in [0.3, 0.4) is 0 Å². The third-order valence-corrected chi connectivity index (χ3v) is 4.00. The average Bonchev–Trinajstić information content (AvgIpc) is 2.94. The van der Waals surface area contributed by atoms with Crippen molar-refractivity contribution in [2.45, 2.75) is 12.5 Å². The largest absolute Gasteiger partial charge is 0.378 e. The van der Waals surface area contributed by atoms with Crippen molar-refractivity contribution in [2.24, 2.45) is 5.73 Å². The van der Waals surface area contributed by atoms with Crippen molar-refractivity contribution in [1.29, 1.82) is 0 Å². The van der Waals surface area contributed by atoms with Gasteiger partial charge in [-0.3, -0.25) is 4.79 Å². The van der Waals surface area contributed by atoms with Crippen LogP contribution < -0.4 is 10.6 Å². The number of carbonyl (C=O) groups is 1. The number of morpholine rings is 1. The van der Waals surface area contributed by atoms with E-state index in [0.29, 0.717) is 6.54 Å². The number of nitrogens with two attached hydrogens (primary N) is 1. The number of carbonyl (C=O) groups excluding carboxylic acids is 1. The number of benzene rings is 1. The maximum Gasteiger partial charge on any atom is 0.256 e. The standard InChI is InChI=1S/C15H21N3O2/c16-12-5-6-18(11-12)15(19)13-3-1-2-4-14(13)17-7-9-20-10-8-17/h1-4,12H,5-11,16H2/t12-/m1/s1. The molecule has 2 saturated heterocycles. The van der Waals surface area contributed by atoms with E-state index in [4.69, 9.17) is 10.5 Å². The number of nitrogens with zero attached hydrogens (tertiary/aromatic N) is 2. The highest BCUT2D eigenvalue weighted by Crippen LogP contribution is 2.24. The Kier molecular flexibility index (Phi) is 3.89. The molecule has 0 spiro atoms. The molecule has 5 nitrogen and oxygen atoms in total. The molecule has 0 saturated carbocycles. The molecule has 0 aliphatic carbocycles. The molecule has 0 aromatic heterocycles. The number of anilines is 1. The lowest BCUT2D eigenvalue weighted by atomic mass is 10.1. The van der Waals surface area contributed by atoms with E-state index in [9.17, 15) is 4.79 Å². The van der Waals surface area contributed by atoms with Crippen molar-refractivity contribution in [2.75, 3.05) is 44.3 Å². The summed E-state index contributed by atoms with van der Waals surface area (Å²) in [5.41, 5.74) is 7.70. The van der Waals surface area contributed by atoms with Gasteiger partial charge >= 0.3 is 0 Å². The summed E-state index contributed by atoms with van der Waals surface area (Å²) in [6, 6.07) is 7.96. The van der Waals surface area contributed by atoms with Crippen LogP contribution in [-0.2, 0) is 4.74 Å². The Morgan fingerprint density at radius 3 is 2.65 bits per heavy atom. The fraction of sp³-hybridized carbons (Fsp3) is 0.533. The first-order valence-electron chi connectivity index (χ1n) is 7.22. The molecule has 0 radical (unpaired) electrons. The molecular formula is C15H21N3O2. The molecule has 1 aromatic carbocycles. The van der Waals surface area contributed by atoms with E-state index in [1.54, 1.807) is 0 Å². The van der Waals surface area contributed by atoms with Crippen LogP contribution in [0.5, 0.6) is 0 Å². The van der Waals surface area contributed by atoms with Gasteiger partial charge in [-0.15, -0.1) is 0 Å². The number of hydrogen-bond donors (Lipinski definition) is 1. The fourth-order valence-electron chi connectivity index (χ4n) is 2.88. The van der Waals surface area contributed by atoms with Crippen molar-refractivity contribution >= 4 is 11.6 Å². The van der Waals surface area contributed by atoms with Gasteiger partial charge in [0.15, 0.2) is 0 Å². The highest BCUT2D eigenvalue weighted by atomic mass is 16.5. The number of hydrogen-bond acceptors (Lipinski definition) is 4. The molecule has 2 fully saturated rings. The quantitative estimate of drug-likeness (QED) is 0.863. The molecule has 108 valence electrons. The zero-order valence-corrected chi connectivity index (χ0v) is 11.6. The molecule has 1 aromatic rings. The Morgan fingerprint density at radius 1 is 1.20 bits per heavy atom. The summed E-state index contributed by atoms with van der Waals surface area (Å²) in [5.74, 6) is 0.0973. The van der Waals surface area contributed by atoms with Gasteiger partial charge in [-0.05, 0) is 18.6 Å². The first kappa shape index (κ1) is 13.4. The van der Waals surface area contributed by atoms with Crippen molar-refractivity contribution in [3.05, 3.63) is 29.8 Å². The highest BCUT2D eigenvalue weighted by molar-refractivity contribution is 6.00. The van der Waals surface area contributed by atoms with E-state index >= 15 is 0 Å². The summed E-state index contributed by atoms with van der Waals surface area (Å²) in [6.45, 7) is 4.54. The van der Waals surface area contributed by atoms with Gasteiger partial charge < -0.3 is 20.3 Å². The van der Waals surface area contributed by atoms with Gasteiger partial charge in [0.05, 0.1) is 18.8 Å². The Labute approximate surface area is 119 Å². The lowest BCUT2D eigenvalue weighted by Gasteiger charge is -2.31. The summed E-state index contributed by atoms with van der Waals surface area (Å²) in [6.07, 6.45) is 0.894. The summed E-state index contributed by atoms with van der Waals surface area (Å²) < 4.78 is 5.38. The van der Waals surface area contributed by atoms with Gasteiger partial charge in [0.25, 0.3) is 5.91 Å². The monoisotopic (exact) mass is 275 g/mol. The van der Waals surface area contributed by atoms with Gasteiger partial charge in [-0.1, -0.05) is 12.1 Å². The maximum atomic E-state index is 12.7. The van der Waals surface area contributed by atoms with Crippen LogP contribution in [-0.4, -0.2) is 56.2 Å². The molecule has 3 rings (SSSR count). The third kappa shape index (κ3) is 2.64. The van der Waals surface area contributed by atoms with E-state index in [0.717, 1.165) is 50.5 Å². The number of amides is 1. The minimum atomic E-state index is 0.0973. The zero-order valence-electron chi connectivity index (χ0n) is 11.6. The Hall–Kier alpha value is -1.59. The van der Waals surface area contributed by atoms with E-state index < -0.39 is 0 Å². The van der Waals surface area contributed by atoms with E-state index in [1.165, 1.54) is 0 Å². The van der Waals surface area contributed by atoms with Crippen LogP contribution in [0.2, 0.25) is 0 Å². The van der Waals surface area contributed by atoms with Gasteiger partial charge in [0, 0.05) is 37.9 Å². The molecular weight excluding hydrogens is 254 g/mol. The summed E-state index contributed by atoms with van der Waals surface area (Å²) in [5, 5.41) is 0.